The minimum atomic E-state index is -0.298. The maximum atomic E-state index is 11.8. The van der Waals surface area contributed by atoms with Gasteiger partial charge in [-0.2, -0.15) is 0 Å². The molecule has 1 saturated heterocycles. The molecule has 3 N–H and O–H groups in total. The molecule has 1 amide bonds. The first kappa shape index (κ1) is 18.9. The molecule has 0 saturated carbocycles. The van der Waals surface area contributed by atoms with Crippen LogP contribution in [0.4, 0.5) is 0 Å². The molecule has 1 aliphatic heterocycles. The normalized spacial score (nSPS) is 23.5. The van der Waals surface area contributed by atoms with Crippen molar-refractivity contribution in [3.05, 3.63) is 0 Å². The van der Waals surface area contributed by atoms with Crippen molar-refractivity contribution in [2.75, 3.05) is 20.2 Å². The summed E-state index contributed by atoms with van der Waals surface area (Å²) >= 11 is 0. The highest BCUT2D eigenvalue weighted by Crippen LogP contribution is 2.09. The van der Waals surface area contributed by atoms with Gasteiger partial charge in [-0.3, -0.25) is 9.59 Å². The summed E-state index contributed by atoms with van der Waals surface area (Å²) in [6, 6.07) is -0.323. The Morgan fingerprint density at radius 1 is 1.32 bits per heavy atom. The van der Waals surface area contributed by atoms with E-state index >= 15 is 0 Å². The summed E-state index contributed by atoms with van der Waals surface area (Å²) in [4.78, 5) is 23.7. The van der Waals surface area contributed by atoms with Crippen LogP contribution in [0.3, 0.4) is 0 Å². The lowest BCUT2D eigenvalue weighted by atomic mass is 9.99. The number of ether oxygens (including phenoxy) is 1. The number of carbonyl (C=O) groups is 2. The standard InChI is InChI=1S/C16H31N3O3/c1-10(2)6-13-15(20)18-9-12(19-13)8-17-14(7-11(3)4)16(21)22-5/h10-14,17,19H,6-9H2,1-5H3,(H,18,20)/t12-,13-,14-/m0/s1. The zero-order valence-corrected chi connectivity index (χ0v) is 14.4. The fourth-order valence-electron chi connectivity index (χ4n) is 2.70. The number of amides is 1. The van der Waals surface area contributed by atoms with Gasteiger partial charge in [0.15, 0.2) is 0 Å². The van der Waals surface area contributed by atoms with Crippen molar-refractivity contribution in [3.63, 3.8) is 0 Å². The van der Waals surface area contributed by atoms with Gasteiger partial charge in [0.25, 0.3) is 0 Å². The minimum absolute atomic E-state index is 0.0663. The molecule has 0 aromatic rings. The summed E-state index contributed by atoms with van der Waals surface area (Å²) in [6.07, 6.45) is 1.55. The molecule has 6 heteroatoms. The van der Waals surface area contributed by atoms with Gasteiger partial charge in [-0.1, -0.05) is 27.7 Å². The first-order valence-corrected chi connectivity index (χ1v) is 8.18. The predicted molar refractivity (Wildman–Crippen MR) is 86.4 cm³/mol. The van der Waals surface area contributed by atoms with Crippen LogP contribution in [-0.2, 0) is 14.3 Å². The molecule has 3 atom stereocenters. The average Bonchev–Trinajstić information content (AvgIpc) is 2.44. The molecule has 1 aliphatic rings. The van der Waals surface area contributed by atoms with E-state index in [2.05, 4.69) is 43.6 Å². The van der Waals surface area contributed by atoms with Crippen molar-refractivity contribution in [2.45, 2.75) is 58.7 Å². The summed E-state index contributed by atoms with van der Waals surface area (Å²) in [5.41, 5.74) is 0. The molecule has 0 unspecified atom stereocenters. The van der Waals surface area contributed by atoms with Gasteiger partial charge in [-0.05, 0) is 24.7 Å². The van der Waals surface area contributed by atoms with Gasteiger partial charge in [0.05, 0.1) is 13.2 Å². The van der Waals surface area contributed by atoms with Crippen LogP contribution in [0.2, 0.25) is 0 Å². The van der Waals surface area contributed by atoms with Crippen molar-refractivity contribution in [3.8, 4) is 0 Å². The van der Waals surface area contributed by atoms with Gasteiger partial charge in [0.2, 0.25) is 5.91 Å². The molecule has 1 heterocycles. The van der Waals surface area contributed by atoms with Crippen molar-refractivity contribution < 1.29 is 14.3 Å². The molecule has 6 nitrogen and oxygen atoms in total. The Balaban J connectivity index is 2.50. The lowest BCUT2D eigenvalue weighted by molar-refractivity contribution is -0.143. The van der Waals surface area contributed by atoms with Gasteiger partial charge in [-0.25, -0.2) is 0 Å². The maximum Gasteiger partial charge on any atom is 0.322 e. The second-order valence-corrected chi connectivity index (χ2v) is 6.90. The third-order valence-electron chi connectivity index (χ3n) is 3.79. The first-order chi connectivity index (χ1) is 10.3. The van der Waals surface area contributed by atoms with E-state index in [-0.39, 0.29) is 30.0 Å². The molecule has 0 bridgehead atoms. The smallest absolute Gasteiger partial charge is 0.322 e. The topological polar surface area (TPSA) is 79.5 Å². The van der Waals surface area contributed by atoms with E-state index in [0.717, 1.165) is 12.8 Å². The molecule has 22 heavy (non-hydrogen) atoms. The number of methoxy groups -OCH3 is 1. The highest BCUT2D eigenvalue weighted by atomic mass is 16.5. The van der Waals surface area contributed by atoms with Gasteiger partial charge in [-0.15, -0.1) is 0 Å². The van der Waals surface area contributed by atoms with Gasteiger partial charge >= 0.3 is 5.97 Å². The number of nitrogens with one attached hydrogen (secondary N) is 3. The molecule has 0 aliphatic carbocycles. The molecule has 0 aromatic carbocycles. The number of piperazine rings is 1. The Hall–Kier alpha value is -1.14. The molecule has 0 aromatic heterocycles. The second-order valence-electron chi connectivity index (χ2n) is 6.90. The summed E-state index contributed by atoms with van der Waals surface area (Å²) in [7, 11) is 1.41. The van der Waals surface area contributed by atoms with Crippen LogP contribution in [0.25, 0.3) is 0 Å². The zero-order valence-electron chi connectivity index (χ0n) is 14.4. The predicted octanol–water partition coefficient (Wildman–Crippen LogP) is 0.666. The molecule has 0 radical (unpaired) electrons. The Morgan fingerprint density at radius 3 is 2.55 bits per heavy atom. The van der Waals surface area contributed by atoms with Crippen LogP contribution in [0, 0.1) is 11.8 Å². The SMILES string of the molecule is COC(=O)[C@H](CC(C)C)NC[C@H]1CNC(=O)[C@H](CC(C)C)N1. The van der Waals surface area contributed by atoms with Crippen LogP contribution in [0.1, 0.15) is 40.5 Å². The highest BCUT2D eigenvalue weighted by molar-refractivity contribution is 5.82. The third kappa shape index (κ3) is 6.32. The van der Waals surface area contributed by atoms with E-state index in [1.807, 2.05) is 0 Å². The summed E-state index contributed by atoms with van der Waals surface area (Å²) in [6.45, 7) is 9.57. The van der Waals surface area contributed by atoms with Crippen LogP contribution in [0.5, 0.6) is 0 Å². The fraction of sp³-hybridized carbons (Fsp3) is 0.875. The Labute approximate surface area is 133 Å². The Kier molecular flexibility index (Phi) is 7.82. The van der Waals surface area contributed by atoms with Gasteiger partial charge in [0, 0.05) is 19.1 Å². The number of hydrogen-bond donors (Lipinski definition) is 3. The summed E-state index contributed by atoms with van der Waals surface area (Å²) < 4.78 is 4.85. The zero-order chi connectivity index (χ0) is 16.7. The van der Waals surface area contributed by atoms with Crippen LogP contribution < -0.4 is 16.0 Å². The molecule has 1 rings (SSSR count). The quantitative estimate of drug-likeness (QED) is 0.574. The van der Waals surface area contributed by atoms with Crippen molar-refractivity contribution in [1.82, 2.24) is 16.0 Å². The summed E-state index contributed by atoms with van der Waals surface area (Å²) in [5, 5.41) is 9.58. The first-order valence-electron chi connectivity index (χ1n) is 8.18. The number of rotatable bonds is 8. The van der Waals surface area contributed by atoms with E-state index in [1.165, 1.54) is 7.11 Å². The van der Waals surface area contributed by atoms with E-state index in [9.17, 15) is 9.59 Å². The van der Waals surface area contributed by atoms with E-state index < -0.39 is 0 Å². The van der Waals surface area contributed by atoms with Crippen molar-refractivity contribution in [2.24, 2.45) is 11.8 Å². The van der Waals surface area contributed by atoms with Crippen LogP contribution in [0.15, 0.2) is 0 Å². The largest absolute Gasteiger partial charge is 0.468 e. The lowest BCUT2D eigenvalue weighted by Gasteiger charge is -2.33. The number of esters is 1. The monoisotopic (exact) mass is 313 g/mol. The van der Waals surface area contributed by atoms with Crippen molar-refractivity contribution >= 4 is 11.9 Å². The Morgan fingerprint density at radius 2 is 2.00 bits per heavy atom. The lowest BCUT2D eigenvalue weighted by Crippen LogP contribution is -2.62. The highest BCUT2D eigenvalue weighted by Gasteiger charge is 2.29. The third-order valence-corrected chi connectivity index (χ3v) is 3.79. The molecular weight excluding hydrogens is 282 g/mol. The second kappa shape index (κ2) is 9.10. The number of hydrogen-bond acceptors (Lipinski definition) is 5. The van der Waals surface area contributed by atoms with Crippen molar-refractivity contribution in [1.29, 1.82) is 0 Å². The molecule has 128 valence electrons. The van der Waals surface area contributed by atoms with Gasteiger partial charge < -0.3 is 20.7 Å². The minimum Gasteiger partial charge on any atom is -0.468 e. The van der Waals surface area contributed by atoms with Gasteiger partial charge in [0.1, 0.15) is 6.04 Å². The number of carbonyl (C=O) groups excluding carboxylic acids is 2. The molecule has 1 fully saturated rings. The van der Waals surface area contributed by atoms with E-state index in [1.54, 1.807) is 0 Å². The van der Waals surface area contributed by atoms with Crippen LogP contribution >= 0.6 is 0 Å². The molecule has 0 spiro atoms. The summed E-state index contributed by atoms with van der Waals surface area (Å²) in [5.74, 6) is 0.701. The average molecular weight is 313 g/mol. The molecular formula is C16H31N3O3. The van der Waals surface area contributed by atoms with E-state index in [4.69, 9.17) is 4.74 Å². The fourth-order valence-corrected chi connectivity index (χ4v) is 2.70. The maximum absolute atomic E-state index is 11.8. The van der Waals surface area contributed by atoms with Crippen LogP contribution in [-0.4, -0.2) is 50.2 Å². The van der Waals surface area contributed by atoms with E-state index in [0.29, 0.717) is 24.9 Å². The Bertz CT molecular complexity index is 372.